The third kappa shape index (κ3) is 3.77. The van der Waals surface area contributed by atoms with Crippen LogP contribution in [0.15, 0.2) is 54.6 Å². The second-order valence-electron chi connectivity index (χ2n) is 8.10. The maximum atomic E-state index is 13.5. The molecule has 1 atom stereocenters. The summed E-state index contributed by atoms with van der Waals surface area (Å²) < 4.78 is 13.5. The molecule has 0 saturated carbocycles. The van der Waals surface area contributed by atoms with Crippen molar-refractivity contribution in [2.75, 3.05) is 32.8 Å². The molecule has 2 fully saturated rings. The molecule has 0 aromatic heterocycles. The number of piperidine rings is 1. The minimum atomic E-state index is -0.421. The molecule has 2 aromatic rings. The van der Waals surface area contributed by atoms with Gasteiger partial charge in [-0.2, -0.15) is 0 Å². The van der Waals surface area contributed by atoms with Crippen LogP contribution in [0.2, 0.25) is 0 Å². The molecule has 1 N–H and O–H groups in total. The summed E-state index contributed by atoms with van der Waals surface area (Å²) in [6.45, 7) is 2.23. The van der Waals surface area contributed by atoms with Crippen molar-refractivity contribution in [2.24, 2.45) is 11.3 Å². The molecule has 0 radical (unpaired) electrons. The molecular weight excluding hydrogens is 371 g/mol. The average molecular weight is 396 g/mol. The fourth-order valence-electron chi connectivity index (χ4n) is 4.73. The second kappa shape index (κ2) is 7.95. The number of nitrogens with zero attached hydrogens (tertiary/aromatic N) is 2. The minimum Gasteiger partial charge on any atom is -0.396 e. The topological polar surface area (TPSA) is 60.9 Å². The summed E-state index contributed by atoms with van der Waals surface area (Å²) in [4.78, 5) is 29.2. The van der Waals surface area contributed by atoms with Crippen LogP contribution < -0.4 is 0 Å². The van der Waals surface area contributed by atoms with Gasteiger partial charge in [0.15, 0.2) is 0 Å². The summed E-state index contributed by atoms with van der Waals surface area (Å²) in [7, 11) is 0. The van der Waals surface area contributed by atoms with E-state index in [1.807, 2.05) is 35.2 Å². The van der Waals surface area contributed by atoms with Crippen LogP contribution in [0.4, 0.5) is 4.39 Å². The van der Waals surface area contributed by atoms with E-state index >= 15 is 0 Å². The summed E-state index contributed by atoms with van der Waals surface area (Å²) in [6, 6.07) is 14.9. The predicted molar refractivity (Wildman–Crippen MR) is 107 cm³/mol. The van der Waals surface area contributed by atoms with Gasteiger partial charge in [0.05, 0.1) is 0 Å². The number of halogens is 1. The van der Waals surface area contributed by atoms with Crippen molar-refractivity contribution in [3.63, 3.8) is 0 Å². The van der Waals surface area contributed by atoms with E-state index in [4.69, 9.17) is 0 Å². The predicted octanol–water partition coefficient (Wildman–Crippen LogP) is 2.81. The fourth-order valence-corrected chi connectivity index (χ4v) is 4.73. The largest absolute Gasteiger partial charge is 0.396 e. The van der Waals surface area contributed by atoms with Gasteiger partial charge in [0.25, 0.3) is 11.8 Å². The van der Waals surface area contributed by atoms with Crippen molar-refractivity contribution in [3.8, 4) is 0 Å². The first kappa shape index (κ1) is 19.6. The van der Waals surface area contributed by atoms with Crippen molar-refractivity contribution in [1.29, 1.82) is 0 Å². The Morgan fingerprint density at radius 1 is 0.966 bits per heavy atom. The highest BCUT2D eigenvalue weighted by Gasteiger charge is 2.49. The molecule has 5 nitrogen and oxygen atoms in total. The molecule has 29 heavy (non-hydrogen) atoms. The van der Waals surface area contributed by atoms with Gasteiger partial charge in [-0.3, -0.25) is 9.59 Å². The normalized spacial score (nSPS) is 20.8. The second-order valence-corrected chi connectivity index (χ2v) is 8.10. The monoisotopic (exact) mass is 396 g/mol. The zero-order chi connectivity index (χ0) is 20.4. The molecule has 0 aliphatic carbocycles. The molecule has 0 unspecified atom stereocenters. The number of amides is 2. The van der Waals surface area contributed by atoms with Gasteiger partial charge in [-0.05, 0) is 48.6 Å². The summed E-state index contributed by atoms with van der Waals surface area (Å²) in [5, 5.41) is 9.98. The summed E-state index contributed by atoms with van der Waals surface area (Å²) in [6.07, 6.45) is 1.44. The third-order valence-corrected chi connectivity index (χ3v) is 6.46. The quantitative estimate of drug-likeness (QED) is 0.868. The minimum absolute atomic E-state index is 0.00147. The van der Waals surface area contributed by atoms with Gasteiger partial charge in [0, 0.05) is 49.8 Å². The van der Waals surface area contributed by atoms with Crippen LogP contribution in [-0.4, -0.2) is 59.5 Å². The van der Waals surface area contributed by atoms with Crippen LogP contribution in [0.5, 0.6) is 0 Å². The first-order valence-corrected chi connectivity index (χ1v) is 10.0. The lowest BCUT2D eigenvalue weighted by Gasteiger charge is -2.42. The van der Waals surface area contributed by atoms with E-state index < -0.39 is 5.82 Å². The number of rotatable bonds is 3. The maximum Gasteiger partial charge on any atom is 0.253 e. The van der Waals surface area contributed by atoms with Crippen LogP contribution in [0.3, 0.4) is 0 Å². The van der Waals surface area contributed by atoms with Crippen molar-refractivity contribution < 1.29 is 19.1 Å². The summed E-state index contributed by atoms with van der Waals surface area (Å²) in [5.41, 5.74) is 0.824. The Balaban J connectivity index is 1.45. The van der Waals surface area contributed by atoms with Crippen LogP contribution in [0.25, 0.3) is 0 Å². The van der Waals surface area contributed by atoms with Crippen LogP contribution >= 0.6 is 0 Å². The van der Waals surface area contributed by atoms with Gasteiger partial charge in [-0.1, -0.05) is 24.3 Å². The number of carbonyl (C=O) groups is 2. The Morgan fingerprint density at radius 2 is 1.62 bits per heavy atom. The Bertz CT molecular complexity index is 894. The van der Waals surface area contributed by atoms with Gasteiger partial charge in [-0.25, -0.2) is 4.39 Å². The van der Waals surface area contributed by atoms with Crippen LogP contribution in [-0.2, 0) is 0 Å². The Kier molecular flexibility index (Phi) is 5.37. The molecule has 152 valence electrons. The highest BCUT2D eigenvalue weighted by molar-refractivity contribution is 5.95. The summed E-state index contributed by atoms with van der Waals surface area (Å²) >= 11 is 0. The van der Waals surface area contributed by atoms with Crippen molar-refractivity contribution >= 4 is 11.8 Å². The van der Waals surface area contributed by atoms with E-state index in [2.05, 4.69) is 0 Å². The van der Waals surface area contributed by atoms with E-state index in [0.29, 0.717) is 37.3 Å². The molecule has 2 aliphatic heterocycles. The van der Waals surface area contributed by atoms with Gasteiger partial charge in [0.1, 0.15) is 5.82 Å². The van der Waals surface area contributed by atoms with Gasteiger partial charge >= 0.3 is 0 Å². The number of aliphatic hydroxyl groups excluding tert-OH is 1. The number of aliphatic hydroxyl groups is 1. The van der Waals surface area contributed by atoms with E-state index in [1.165, 1.54) is 12.1 Å². The molecule has 4 rings (SSSR count). The molecule has 2 amide bonds. The first-order valence-electron chi connectivity index (χ1n) is 10.0. The number of hydrogen-bond donors (Lipinski definition) is 1. The highest BCUT2D eigenvalue weighted by atomic mass is 19.1. The molecule has 2 saturated heterocycles. The Morgan fingerprint density at radius 3 is 2.28 bits per heavy atom. The first-order chi connectivity index (χ1) is 14.0. The molecule has 1 spiro atoms. The standard InChI is InChI=1S/C23H25FN2O3/c24-20-8-4-7-18(13-20)22(29)25-11-9-23(10-12-25)16-26(14-19(23)15-27)21(28)17-5-2-1-3-6-17/h1-8,13,19,27H,9-12,14-16H2/t19-/m1/s1. The molecule has 2 aliphatic rings. The smallest absolute Gasteiger partial charge is 0.253 e. The van der Waals surface area contributed by atoms with Crippen molar-refractivity contribution in [2.45, 2.75) is 12.8 Å². The number of hydrogen-bond acceptors (Lipinski definition) is 3. The lowest BCUT2D eigenvalue weighted by atomic mass is 9.71. The van der Waals surface area contributed by atoms with E-state index in [0.717, 1.165) is 12.8 Å². The number of carbonyl (C=O) groups excluding carboxylic acids is 2. The molecule has 2 aromatic carbocycles. The van der Waals surface area contributed by atoms with E-state index in [9.17, 15) is 19.1 Å². The lowest BCUT2D eigenvalue weighted by molar-refractivity contribution is 0.0395. The van der Waals surface area contributed by atoms with Gasteiger partial charge in [-0.15, -0.1) is 0 Å². The lowest BCUT2D eigenvalue weighted by Crippen LogP contribution is -2.47. The third-order valence-electron chi connectivity index (χ3n) is 6.46. The number of likely N-dealkylation sites (tertiary alicyclic amines) is 2. The Hall–Kier alpha value is -2.73. The molecule has 0 bridgehead atoms. The SMILES string of the molecule is O=C(c1cccc(F)c1)N1CCC2(CC1)CN(C(=O)c1ccccc1)C[C@@H]2CO. The van der Waals surface area contributed by atoms with Crippen LogP contribution in [0.1, 0.15) is 33.6 Å². The van der Waals surface area contributed by atoms with E-state index in [1.54, 1.807) is 17.0 Å². The van der Waals surface area contributed by atoms with E-state index in [-0.39, 0.29) is 29.8 Å². The van der Waals surface area contributed by atoms with Gasteiger partial charge < -0.3 is 14.9 Å². The molecule has 2 heterocycles. The number of benzene rings is 2. The Labute approximate surface area is 169 Å². The average Bonchev–Trinajstić information content (AvgIpc) is 3.11. The fraction of sp³-hybridized carbons (Fsp3) is 0.391. The van der Waals surface area contributed by atoms with Crippen molar-refractivity contribution in [1.82, 2.24) is 9.80 Å². The zero-order valence-electron chi connectivity index (χ0n) is 16.3. The molecule has 6 heteroatoms. The summed E-state index contributed by atoms with van der Waals surface area (Å²) in [5.74, 6) is -0.605. The maximum absolute atomic E-state index is 13.5. The molecular formula is C23H25FN2O3. The highest BCUT2D eigenvalue weighted by Crippen LogP contribution is 2.45. The zero-order valence-corrected chi connectivity index (χ0v) is 16.3. The van der Waals surface area contributed by atoms with Gasteiger partial charge in [0.2, 0.25) is 0 Å². The van der Waals surface area contributed by atoms with Crippen molar-refractivity contribution in [3.05, 3.63) is 71.5 Å². The van der Waals surface area contributed by atoms with Crippen LogP contribution in [0, 0.1) is 17.2 Å².